The molecule has 21 heavy (non-hydrogen) atoms. The van der Waals surface area contributed by atoms with Crippen LogP contribution in [0.15, 0.2) is 4.90 Å². The molecular formula is C14H23N3O3S. The minimum atomic E-state index is -3.72. The van der Waals surface area contributed by atoms with Gasteiger partial charge in [0.2, 0.25) is 10.0 Å². The van der Waals surface area contributed by atoms with E-state index in [0.29, 0.717) is 18.0 Å². The average molecular weight is 313 g/mol. The van der Waals surface area contributed by atoms with Crippen molar-refractivity contribution in [3.8, 4) is 0 Å². The van der Waals surface area contributed by atoms with Crippen LogP contribution in [-0.4, -0.2) is 30.4 Å². The fourth-order valence-corrected chi connectivity index (χ4v) is 4.95. The highest BCUT2D eigenvalue weighted by molar-refractivity contribution is 7.89. The molecule has 1 aliphatic heterocycles. The molecule has 1 saturated heterocycles. The van der Waals surface area contributed by atoms with E-state index in [-0.39, 0.29) is 16.5 Å². The minimum Gasteiger partial charge on any atom is -0.375 e. The number of aryl methyl sites for hydroxylation is 1. The Kier molecular flexibility index (Phi) is 3.62. The van der Waals surface area contributed by atoms with Gasteiger partial charge in [0.05, 0.1) is 23.0 Å². The summed E-state index contributed by atoms with van der Waals surface area (Å²) in [6, 6.07) is 0.200. The number of rotatable bonds is 2. The van der Waals surface area contributed by atoms with Crippen LogP contribution < -0.4 is 5.14 Å². The Morgan fingerprint density at radius 1 is 1.33 bits per heavy atom. The van der Waals surface area contributed by atoms with E-state index in [1.54, 1.807) is 13.8 Å². The van der Waals surface area contributed by atoms with E-state index in [2.05, 4.69) is 5.10 Å². The molecule has 6 nitrogen and oxygen atoms in total. The number of ether oxygens (including phenoxy) is 1. The number of nitrogens with zero attached hydrogens (tertiary/aromatic N) is 2. The summed E-state index contributed by atoms with van der Waals surface area (Å²) in [5.74, 6) is 0. The third-order valence-corrected chi connectivity index (χ3v) is 6.03. The molecule has 0 bridgehead atoms. The molecule has 0 radical (unpaired) electrons. The van der Waals surface area contributed by atoms with E-state index >= 15 is 0 Å². The average Bonchev–Trinajstić information content (AvgIpc) is 2.94. The number of hydrogen-bond acceptors (Lipinski definition) is 4. The van der Waals surface area contributed by atoms with E-state index in [9.17, 15) is 8.42 Å². The SMILES string of the molecule is Cc1nn(C2CCOC3(CCCC3)C2)c(C)c1S(N)(=O)=O. The highest BCUT2D eigenvalue weighted by atomic mass is 32.2. The second-order valence-electron chi connectivity index (χ2n) is 6.37. The Balaban J connectivity index is 1.94. The number of primary sulfonamides is 1. The fourth-order valence-electron chi connectivity index (χ4n) is 3.99. The summed E-state index contributed by atoms with van der Waals surface area (Å²) in [6.07, 6.45) is 6.42. The zero-order chi connectivity index (χ0) is 15.3. The van der Waals surface area contributed by atoms with Gasteiger partial charge in [-0.15, -0.1) is 0 Å². The molecule has 118 valence electrons. The van der Waals surface area contributed by atoms with Gasteiger partial charge in [-0.25, -0.2) is 13.6 Å². The van der Waals surface area contributed by atoms with Crippen molar-refractivity contribution in [1.29, 1.82) is 0 Å². The maximum atomic E-state index is 11.7. The van der Waals surface area contributed by atoms with Crippen molar-refractivity contribution >= 4 is 10.0 Å². The lowest BCUT2D eigenvalue weighted by atomic mass is 9.89. The molecule has 1 aromatic rings. The third-order valence-electron chi connectivity index (χ3n) is 4.87. The highest BCUT2D eigenvalue weighted by Gasteiger charge is 2.41. The number of sulfonamides is 1. The van der Waals surface area contributed by atoms with Gasteiger partial charge in [-0.3, -0.25) is 4.68 Å². The Bertz CT molecular complexity index is 645. The van der Waals surface area contributed by atoms with E-state index in [1.807, 2.05) is 4.68 Å². The lowest BCUT2D eigenvalue weighted by molar-refractivity contribution is -0.0912. The molecule has 1 aromatic heterocycles. The van der Waals surface area contributed by atoms with Crippen LogP contribution in [0.4, 0.5) is 0 Å². The molecule has 1 aliphatic carbocycles. The molecule has 2 fully saturated rings. The van der Waals surface area contributed by atoms with Crippen LogP contribution in [0.2, 0.25) is 0 Å². The first-order chi connectivity index (χ1) is 9.82. The van der Waals surface area contributed by atoms with Crippen molar-refractivity contribution in [2.75, 3.05) is 6.61 Å². The quantitative estimate of drug-likeness (QED) is 0.902. The maximum Gasteiger partial charge on any atom is 0.241 e. The third kappa shape index (κ3) is 2.62. The van der Waals surface area contributed by atoms with Crippen molar-refractivity contribution < 1.29 is 13.2 Å². The number of aromatic nitrogens is 2. The molecule has 7 heteroatoms. The first-order valence-corrected chi connectivity index (χ1v) is 9.09. The molecule has 0 aromatic carbocycles. The Labute approximate surface area is 125 Å². The van der Waals surface area contributed by atoms with E-state index in [0.717, 1.165) is 25.7 Å². The molecular weight excluding hydrogens is 290 g/mol. The van der Waals surface area contributed by atoms with Crippen molar-refractivity contribution in [2.24, 2.45) is 5.14 Å². The van der Waals surface area contributed by atoms with Gasteiger partial charge >= 0.3 is 0 Å². The van der Waals surface area contributed by atoms with Crippen LogP contribution in [0.5, 0.6) is 0 Å². The Morgan fingerprint density at radius 2 is 2.00 bits per heavy atom. The molecule has 0 amide bonds. The van der Waals surface area contributed by atoms with Crippen molar-refractivity contribution in [2.45, 2.75) is 68.9 Å². The smallest absolute Gasteiger partial charge is 0.241 e. The molecule has 1 atom stereocenters. The fraction of sp³-hybridized carbons (Fsp3) is 0.786. The largest absolute Gasteiger partial charge is 0.375 e. The summed E-state index contributed by atoms with van der Waals surface area (Å²) < 4.78 is 31.3. The van der Waals surface area contributed by atoms with Crippen molar-refractivity contribution in [3.63, 3.8) is 0 Å². The van der Waals surface area contributed by atoms with Gasteiger partial charge in [-0.2, -0.15) is 5.10 Å². The zero-order valence-electron chi connectivity index (χ0n) is 12.6. The predicted octanol–water partition coefficient (Wildman–Crippen LogP) is 1.81. The first kappa shape index (κ1) is 15.0. The Morgan fingerprint density at radius 3 is 2.57 bits per heavy atom. The van der Waals surface area contributed by atoms with E-state index in [4.69, 9.17) is 9.88 Å². The normalized spacial score (nSPS) is 25.6. The molecule has 1 unspecified atom stereocenters. The Hall–Kier alpha value is -0.920. The molecule has 1 saturated carbocycles. The second kappa shape index (κ2) is 5.07. The van der Waals surface area contributed by atoms with Crippen LogP contribution in [-0.2, 0) is 14.8 Å². The van der Waals surface area contributed by atoms with Gasteiger partial charge in [-0.05, 0) is 39.5 Å². The van der Waals surface area contributed by atoms with Crippen LogP contribution in [0.3, 0.4) is 0 Å². The molecule has 3 rings (SSSR count). The summed E-state index contributed by atoms with van der Waals surface area (Å²) in [4.78, 5) is 0.175. The summed E-state index contributed by atoms with van der Waals surface area (Å²) >= 11 is 0. The number of hydrogen-bond donors (Lipinski definition) is 1. The van der Waals surface area contributed by atoms with E-state index < -0.39 is 10.0 Å². The van der Waals surface area contributed by atoms with Gasteiger partial charge in [0.25, 0.3) is 0 Å². The summed E-state index contributed by atoms with van der Waals surface area (Å²) in [7, 11) is -3.72. The van der Waals surface area contributed by atoms with Crippen molar-refractivity contribution in [3.05, 3.63) is 11.4 Å². The predicted molar refractivity (Wildman–Crippen MR) is 78.5 cm³/mol. The topological polar surface area (TPSA) is 87.2 Å². The summed E-state index contributed by atoms with van der Waals surface area (Å²) in [5, 5.41) is 9.77. The summed E-state index contributed by atoms with van der Waals surface area (Å²) in [5.41, 5.74) is 1.12. The summed E-state index contributed by atoms with van der Waals surface area (Å²) in [6.45, 7) is 4.21. The minimum absolute atomic E-state index is 0.0169. The van der Waals surface area contributed by atoms with Gasteiger partial charge in [0.1, 0.15) is 4.90 Å². The van der Waals surface area contributed by atoms with Gasteiger partial charge in [0, 0.05) is 6.61 Å². The van der Waals surface area contributed by atoms with E-state index in [1.165, 1.54) is 12.8 Å². The maximum absolute atomic E-state index is 11.7. The van der Waals surface area contributed by atoms with Crippen LogP contribution in [0.1, 0.15) is 56.0 Å². The van der Waals surface area contributed by atoms with Crippen LogP contribution in [0, 0.1) is 13.8 Å². The van der Waals surface area contributed by atoms with Gasteiger partial charge < -0.3 is 4.74 Å². The molecule has 2 N–H and O–H groups in total. The standard InChI is InChI=1S/C14H23N3O3S/c1-10-13(21(15,18)19)11(2)17(16-10)12-5-8-20-14(9-12)6-3-4-7-14/h12H,3-9H2,1-2H3,(H2,15,18,19). The lowest BCUT2D eigenvalue weighted by Crippen LogP contribution is -2.38. The molecule has 2 heterocycles. The van der Waals surface area contributed by atoms with Crippen LogP contribution >= 0.6 is 0 Å². The second-order valence-corrected chi connectivity index (χ2v) is 7.87. The lowest BCUT2D eigenvalue weighted by Gasteiger charge is -2.38. The van der Waals surface area contributed by atoms with Gasteiger partial charge in [-0.1, -0.05) is 12.8 Å². The molecule has 2 aliphatic rings. The first-order valence-electron chi connectivity index (χ1n) is 7.55. The molecule has 1 spiro atoms. The zero-order valence-corrected chi connectivity index (χ0v) is 13.4. The number of nitrogens with two attached hydrogens (primary N) is 1. The monoisotopic (exact) mass is 313 g/mol. The highest BCUT2D eigenvalue weighted by Crippen LogP contribution is 2.44. The van der Waals surface area contributed by atoms with Gasteiger partial charge in [0.15, 0.2) is 0 Å². The van der Waals surface area contributed by atoms with Crippen molar-refractivity contribution in [1.82, 2.24) is 9.78 Å². The van der Waals surface area contributed by atoms with Crippen LogP contribution in [0.25, 0.3) is 0 Å².